The van der Waals surface area contributed by atoms with Gasteiger partial charge in [-0.05, 0) is 42.8 Å². The van der Waals surface area contributed by atoms with Crippen molar-refractivity contribution >= 4 is 44.9 Å². The van der Waals surface area contributed by atoms with Gasteiger partial charge in [-0.3, -0.25) is 4.72 Å². The molecule has 8 heteroatoms. The second-order valence-electron chi connectivity index (χ2n) is 4.46. The summed E-state index contributed by atoms with van der Waals surface area (Å²) in [7, 11) is -3.96. The minimum atomic E-state index is -3.96. The van der Waals surface area contributed by atoms with E-state index in [9.17, 15) is 13.2 Å². The number of benzene rings is 2. The van der Waals surface area contributed by atoms with E-state index in [0.717, 1.165) is 6.07 Å². The molecule has 0 unspecified atom stereocenters. The molecule has 0 aliphatic heterocycles. The van der Waals surface area contributed by atoms with E-state index in [2.05, 4.69) is 4.72 Å². The zero-order chi connectivity index (χ0) is 16.5. The number of sulfonamides is 1. The first-order valence-electron chi connectivity index (χ1n) is 6.03. The predicted octanol–water partition coefficient (Wildman–Crippen LogP) is 3.80. The lowest BCUT2D eigenvalue weighted by molar-refractivity contribution is 0.0697. The van der Waals surface area contributed by atoms with Crippen molar-refractivity contribution in [2.75, 3.05) is 4.72 Å². The summed E-state index contributed by atoms with van der Waals surface area (Å²) in [5.41, 5.74) is 0.604. The molecule has 0 amide bonds. The summed E-state index contributed by atoms with van der Waals surface area (Å²) >= 11 is 11.7. The van der Waals surface area contributed by atoms with Crippen molar-refractivity contribution in [3.8, 4) is 0 Å². The molecule has 2 N–H and O–H groups in total. The number of carbonyl (C=O) groups is 1. The van der Waals surface area contributed by atoms with Crippen molar-refractivity contribution in [2.24, 2.45) is 0 Å². The van der Waals surface area contributed by atoms with Crippen LogP contribution in [-0.4, -0.2) is 19.5 Å². The largest absolute Gasteiger partial charge is 0.478 e. The van der Waals surface area contributed by atoms with E-state index >= 15 is 0 Å². The van der Waals surface area contributed by atoms with Crippen molar-refractivity contribution in [3.05, 3.63) is 57.6 Å². The fourth-order valence-electron chi connectivity index (χ4n) is 1.76. The quantitative estimate of drug-likeness (QED) is 0.869. The van der Waals surface area contributed by atoms with E-state index < -0.39 is 16.0 Å². The van der Waals surface area contributed by atoms with Crippen LogP contribution in [0.15, 0.2) is 41.3 Å². The zero-order valence-electron chi connectivity index (χ0n) is 11.3. The normalized spacial score (nSPS) is 11.2. The lowest BCUT2D eigenvalue weighted by Gasteiger charge is -2.12. The number of halogens is 2. The van der Waals surface area contributed by atoms with E-state index in [-0.39, 0.29) is 15.5 Å². The minimum absolute atomic E-state index is 0.0367. The average Bonchev–Trinajstić information content (AvgIpc) is 2.43. The Hall–Kier alpha value is -1.76. The smallest absolute Gasteiger partial charge is 0.337 e. The molecule has 0 fully saturated rings. The van der Waals surface area contributed by atoms with Gasteiger partial charge in [0.2, 0.25) is 0 Å². The molecule has 0 saturated carbocycles. The summed E-state index contributed by atoms with van der Waals surface area (Å²) in [6.07, 6.45) is 0. The highest BCUT2D eigenvalue weighted by atomic mass is 35.5. The van der Waals surface area contributed by atoms with E-state index in [1.165, 1.54) is 12.1 Å². The summed E-state index contributed by atoms with van der Waals surface area (Å²) in [6, 6.07) is 8.28. The maximum atomic E-state index is 12.4. The second kappa shape index (κ2) is 6.16. The lowest BCUT2D eigenvalue weighted by Crippen LogP contribution is -2.14. The third-order valence-electron chi connectivity index (χ3n) is 2.99. The molecule has 0 heterocycles. The predicted molar refractivity (Wildman–Crippen MR) is 85.4 cm³/mol. The molecule has 0 saturated heterocycles. The highest BCUT2D eigenvalue weighted by molar-refractivity contribution is 7.92. The fourth-order valence-corrected chi connectivity index (χ4v) is 3.28. The molecule has 0 spiro atoms. The Morgan fingerprint density at radius 1 is 1.14 bits per heavy atom. The average molecular weight is 360 g/mol. The van der Waals surface area contributed by atoms with Gasteiger partial charge in [-0.1, -0.05) is 29.3 Å². The molecular weight excluding hydrogens is 349 g/mol. The topological polar surface area (TPSA) is 83.5 Å². The third-order valence-corrected chi connectivity index (χ3v) is 5.09. The van der Waals surface area contributed by atoms with Gasteiger partial charge in [0.05, 0.1) is 21.2 Å². The fraction of sp³-hybridized carbons (Fsp3) is 0.0714. The molecular formula is C14H11Cl2NO4S. The SMILES string of the molecule is Cc1c(Cl)cccc1NS(=O)(=O)c1ccc(Cl)c(C(=O)O)c1. The molecule has 2 rings (SSSR count). The molecule has 0 aliphatic carbocycles. The third kappa shape index (κ3) is 3.35. The van der Waals surface area contributed by atoms with Crippen molar-refractivity contribution in [1.29, 1.82) is 0 Å². The number of rotatable bonds is 4. The molecule has 0 bridgehead atoms. The Bertz CT molecular complexity index is 850. The standard InChI is InChI=1S/C14H11Cl2NO4S/c1-8-11(15)3-2-4-13(8)17-22(20,21)9-5-6-12(16)10(7-9)14(18)19/h2-7,17H,1H3,(H,18,19). The molecule has 2 aromatic rings. The van der Waals surface area contributed by atoms with Crippen LogP contribution in [0.3, 0.4) is 0 Å². The first-order chi connectivity index (χ1) is 10.2. The van der Waals surface area contributed by atoms with Crippen LogP contribution in [0.2, 0.25) is 10.0 Å². The summed E-state index contributed by atoms with van der Waals surface area (Å²) in [5.74, 6) is -1.30. The van der Waals surface area contributed by atoms with E-state index in [1.54, 1.807) is 25.1 Å². The number of anilines is 1. The van der Waals surface area contributed by atoms with Gasteiger partial charge in [0.15, 0.2) is 0 Å². The van der Waals surface area contributed by atoms with Crippen LogP contribution in [-0.2, 0) is 10.0 Å². The van der Waals surface area contributed by atoms with E-state index in [0.29, 0.717) is 16.3 Å². The van der Waals surface area contributed by atoms with Gasteiger partial charge < -0.3 is 5.11 Å². The van der Waals surface area contributed by atoms with Crippen LogP contribution < -0.4 is 4.72 Å². The summed E-state index contributed by atoms with van der Waals surface area (Å²) < 4.78 is 27.1. The van der Waals surface area contributed by atoms with Crippen LogP contribution in [0, 0.1) is 6.92 Å². The maximum absolute atomic E-state index is 12.4. The number of hydrogen-bond donors (Lipinski definition) is 2. The Morgan fingerprint density at radius 3 is 2.45 bits per heavy atom. The number of aromatic carboxylic acids is 1. The Kier molecular flexibility index (Phi) is 4.65. The van der Waals surface area contributed by atoms with E-state index in [1.807, 2.05) is 0 Å². The Labute approximate surface area is 137 Å². The van der Waals surface area contributed by atoms with Crippen molar-refractivity contribution in [1.82, 2.24) is 0 Å². The van der Waals surface area contributed by atoms with Crippen molar-refractivity contribution in [2.45, 2.75) is 11.8 Å². The van der Waals surface area contributed by atoms with Crippen LogP contribution in [0.1, 0.15) is 15.9 Å². The van der Waals surface area contributed by atoms with Gasteiger partial charge in [-0.2, -0.15) is 0 Å². The van der Waals surface area contributed by atoms with Gasteiger partial charge >= 0.3 is 5.97 Å². The van der Waals surface area contributed by atoms with Crippen LogP contribution in [0.25, 0.3) is 0 Å². The zero-order valence-corrected chi connectivity index (χ0v) is 13.6. The summed E-state index contributed by atoms with van der Waals surface area (Å²) in [5, 5.41) is 9.39. The summed E-state index contributed by atoms with van der Waals surface area (Å²) in [6.45, 7) is 1.67. The van der Waals surface area contributed by atoms with Gasteiger partial charge in [0.25, 0.3) is 10.0 Å². The lowest BCUT2D eigenvalue weighted by atomic mass is 10.2. The molecule has 0 aromatic heterocycles. The van der Waals surface area contributed by atoms with Crippen LogP contribution >= 0.6 is 23.2 Å². The minimum Gasteiger partial charge on any atom is -0.478 e. The monoisotopic (exact) mass is 359 g/mol. The second-order valence-corrected chi connectivity index (χ2v) is 6.96. The van der Waals surface area contributed by atoms with E-state index in [4.69, 9.17) is 28.3 Å². The van der Waals surface area contributed by atoms with Gasteiger partial charge in [0.1, 0.15) is 0 Å². The van der Waals surface area contributed by atoms with Crippen molar-refractivity contribution < 1.29 is 18.3 Å². The highest BCUT2D eigenvalue weighted by Crippen LogP contribution is 2.27. The molecule has 116 valence electrons. The first kappa shape index (κ1) is 16.6. The first-order valence-corrected chi connectivity index (χ1v) is 8.27. The number of carboxylic acid groups (broad SMARTS) is 1. The van der Waals surface area contributed by atoms with Crippen LogP contribution in [0.5, 0.6) is 0 Å². The van der Waals surface area contributed by atoms with Gasteiger partial charge in [0, 0.05) is 5.02 Å². The number of hydrogen-bond acceptors (Lipinski definition) is 3. The molecule has 22 heavy (non-hydrogen) atoms. The Balaban J connectivity index is 2.45. The van der Waals surface area contributed by atoms with Crippen molar-refractivity contribution in [3.63, 3.8) is 0 Å². The number of carboxylic acids is 1. The molecule has 5 nitrogen and oxygen atoms in total. The Morgan fingerprint density at radius 2 is 1.82 bits per heavy atom. The number of nitrogens with one attached hydrogen (secondary N) is 1. The van der Waals surface area contributed by atoms with Gasteiger partial charge in [-0.25, -0.2) is 13.2 Å². The van der Waals surface area contributed by atoms with Gasteiger partial charge in [-0.15, -0.1) is 0 Å². The molecule has 0 aliphatic rings. The summed E-state index contributed by atoms with van der Waals surface area (Å²) in [4.78, 5) is 10.8. The molecule has 0 radical (unpaired) electrons. The van der Waals surface area contributed by atoms with Crippen LogP contribution in [0.4, 0.5) is 5.69 Å². The highest BCUT2D eigenvalue weighted by Gasteiger charge is 2.19. The molecule has 0 atom stereocenters. The molecule has 2 aromatic carbocycles. The maximum Gasteiger partial charge on any atom is 0.337 e.